The zero-order chi connectivity index (χ0) is 16.9. The molecule has 23 heavy (non-hydrogen) atoms. The minimum absolute atomic E-state index is 0.410. The van der Waals surface area contributed by atoms with Crippen LogP contribution in [0.4, 0.5) is 5.82 Å². The topological polar surface area (TPSA) is 48.1 Å². The van der Waals surface area contributed by atoms with Crippen LogP contribution in [0.5, 0.6) is 0 Å². The summed E-state index contributed by atoms with van der Waals surface area (Å²) in [7, 11) is 0. The Morgan fingerprint density at radius 3 is 2.70 bits per heavy atom. The van der Waals surface area contributed by atoms with Gasteiger partial charge in [0.15, 0.2) is 0 Å². The van der Waals surface area contributed by atoms with Gasteiger partial charge in [-0.25, -0.2) is 4.98 Å². The molecule has 2 rings (SSSR count). The summed E-state index contributed by atoms with van der Waals surface area (Å²) >= 11 is 0. The molecule has 1 aliphatic rings. The maximum atomic E-state index is 6.20. The number of unbranched alkanes of at least 4 members (excludes halogenated alkanes) is 1. The van der Waals surface area contributed by atoms with Gasteiger partial charge in [-0.2, -0.15) is 0 Å². The highest BCUT2D eigenvalue weighted by Crippen LogP contribution is 2.31. The van der Waals surface area contributed by atoms with Crippen molar-refractivity contribution in [3.8, 4) is 0 Å². The zero-order valence-corrected chi connectivity index (χ0v) is 15.4. The number of rotatable bonds is 7. The van der Waals surface area contributed by atoms with Crippen LogP contribution < -0.4 is 5.73 Å². The van der Waals surface area contributed by atoms with Crippen LogP contribution in [0.25, 0.3) is 0 Å². The van der Waals surface area contributed by atoms with Gasteiger partial charge in [0.1, 0.15) is 5.82 Å². The Morgan fingerprint density at radius 1 is 1.22 bits per heavy atom. The van der Waals surface area contributed by atoms with Gasteiger partial charge in [-0.05, 0) is 68.1 Å². The standard InChI is InChI=1S/C20H34N2O/c1-15-12-17(22-19(21)13-15)14-16-8-7-9-18(16)23-11-6-5-10-20(2,3)4/h12-13,16,18H,5-11,14H2,1-4H3,(H2,21,22). The van der Waals surface area contributed by atoms with Crippen molar-refractivity contribution >= 4 is 5.82 Å². The molecule has 1 heterocycles. The molecule has 1 fully saturated rings. The van der Waals surface area contributed by atoms with Crippen LogP contribution in [0.3, 0.4) is 0 Å². The number of anilines is 1. The Kier molecular flexibility index (Phi) is 6.46. The Bertz CT molecular complexity index is 473. The average molecular weight is 319 g/mol. The van der Waals surface area contributed by atoms with Crippen LogP contribution >= 0.6 is 0 Å². The molecule has 2 N–H and O–H groups in total. The van der Waals surface area contributed by atoms with E-state index in [2.05, 4.69) is 38.7 Å². The first-order valence-corrected chi connectivity index (χ1v) is 9.18. The summed E-state index contributed by atoms with van der Waals surface area (Å²) in [4.78, 5) is 4.49. The predicted molar refractivity (Wildman–Crippen MR) is 97.5 cm³/mol. The molecule has 0 aliphatic heterocycles. The number of hydrogen-bond acceptors (Lipinski definition) is 3. The van der Waals surface area contributed by atoms with Crippen LogP contribution in [0.1, 0.15) is 70.6 Å². The van der Waals surface area contributed by atoms with Gasteiger partial charge in [-0.1, -0.05) is 33.6 Å². The van der Waals surface area contributed by atoms with Gasteiger partial charge in [-0.15, -0.1) is 0 Å². The molecule has 1 aliphatic carbocycles. The molecule has 0 saturated heterocycles. The first-order chi connectivity index (χ1) is 10.8. The third-order valence-electron chi connectivity index (χ3n) is 4.76. The molecule has 2 atom stereocenters. The Balaban J connectivity index is 1.76. The highest BCUT2D eigenvalue weighted by molar-refractivity contribution is 5.34. The second-order valence-electron chi connectivity index (χ2n) is 8.38. The molecule has 3 nitrogen and oxygen atoms in total. The monoisotopic (exact) mass is 318 g/mol. The summed E-state index contributed by atoms with van der Waals surface area (Å²) in [5.41, 5.74) is 8.63. The van der Waals surface area contributed by atoms with E-state index in [1.807, 2.05) is 6.07 Å². The molecule has 0 spiro atoms. The fourth-order valence-electron chi connectivity index (χ4n) is 3.59. The van der Waals surface area contributed by atoms with Crippen LogP contribution in [0.2, 0.25) is 0 Å². The molecule has 0 bridgehead atoms. The van der Waals surface area contributed by atoms with E-state index in [1.54, 1.807) is 0 Å². The lowest BCUT2D eigenvalue weighted by Gasteiger charge is -2.21. The summed E-state index contributed by atoms with van der Waals surface area (Å²) in [5.74, 6) is 1.24. The van der Waals surface area contributed by atoms with Gasteiger partial charge in [0, 0.05) is 12.3 Å². The van der Waals surface area contributed by atoms with Crippen molar-refractivity contribution in [3.05, 3.63) is 23.4 Å². The second kappa shape index (κ2) is 8.14. The van der Waals surface area contributed by atoms with Crippen LogP contribution in [-0.4, -0.2) is 17.7 Å². The number of aryl methyl sites for hydroxylation is 1. The first-order valence-electron chi connectivity index (χ1n) is 9.18. The Labute approximate surface area is 142 Å². The van der Waals surface area contributed by atoms with Crippen molar-refractivity contribution in [1.82, 2.24) is 4.98 Å². The molecule has 1 aromatic rings. The van der Waals surface area contributed by atoms with E-state index in [0.717, 1.165) is 18.7 Å². The van der Waals surface area contributed by atoms with E-state index in [1.165, 1.54) is 44.1 Å². The number of nitrogens with zero attached hydrogens (tertiary/aromatic N) is 1. The molecule has 0 aromatic carbocycles. The van der Waals surface area contributed by atoms with E-state index in [9.17, 15) is 0 Å². The fraction of sp³-hybridized carbons (Fsp3) is 0.750. The van der Waals surface area contributed by atoms with Gasteiger partial charge >= 0.3 is 0 Å². The lowest BCUT2D eigenvalue weighted by molar-refractivity contribution is 0.0246. The van der Waals surface area contributed by atoms with Crippen LogP contribution in [0.15, 0.2) is 12.1 Å². The van der Waals surface area contributed by atoms with Crippen molar-refractivity contribution in [2.75, 3.05) is 12.3 Å². The average Bonchev–Trinajstić information content (AvgIpc) is 2.83. The van der Waals surface area contributed by atoms with Crippen molar-refractivity contribution in [2.24, 2.45) is 11.3 Å². The summed E-state index contributed by atoms with van der Waals surface area (Å²) in [5, 5.41) is 0. The minimum Gasteiger partial charge on any atom is -0.384 e. The van der Waals surface area contributed by atoms with E-state index in [-0.39, 0.29) is 0 Å². The van der Waals surface area contributed by atoms with Crippen molar-refractivity contribution in [1.29, 1.82) is 0 Å². The Hall–Kier alpha value is -1.09. The summed E-state index contributed by atoms with van der Waals surface area (Å²) in [6.07, 6.45) is 8.85. The number of nitrogens with two attached hydrogens (primary N) is 1. The van der Waals surface area contributed by atoms with Gasteiger partial charge < -0.3 is 10.5 Å². The number of pyridine rings is 1. The zero-order valence-electron chi connectivity index (χ0n) is 15.4. The lowest BCUT2D eigenvalue weighted by Crippen LogP contribution is -2.21. The third-order valence-corrected chi connectivity index (χ3v) is 4.76. The highest BCUT2D eigenvalue weighted by atomic mass is 16.5. The highest BCUT2D eigenvalue weighted by Gasteiger charge is 2.28. The minimum atomic E-state index is 0.410. The SMILES string of the molecule is Cc1cc(N)nc(CC2CCCC2OCCCCC(C)(C)C)c1. The Morgan fingerprint density at radius 2 is 2.00 bits per heavy atom. The van der Waals surface area contributed by atoms with E-state index >= 15 is 0 Å². The second-order valence-corrected chi connectivity index (χ2v) is 8.38. The van der Waals surface area contributed by atoms with Gasteiger partial charge in [0.25, 0.3) is 0 Å². The van der Waals surface area contributed by atoms with E-state index < -0.39 is 0 Å². The molecule has 3 heteroatoms. The number of aromatic nitrogens is 1. The third kappa shape index (κ3) is 6.50. The van der Waals surface area contributed by atoms with Crippen molar-refractivity contribution < 1.29 is 4.74 Å². The molecular weight excluding hydrogens is 284 g/mol. The van der Waals surface area contributed by atoms with Gasteiger partial charge in [0.05, 0.1) is 6.10 Å². The predicted octanol–water partition coefficient (Wildman–Crippen LogP) is 4.92. The van der Waals surface area contributed by atoms with Crippen molar-refractivity contribution in [3.63, 3.8) is 0 Å². The van der Waals surface area contributed by atoms with Gasteiger partial charge in [0.2, 0.25) is 0 Å². The van der Waals surface area contributed by atoms with E-state index in [0.29, 0.717) is 23.3 Å². The number of nitrogen functional groups attached to an aromatic ring is 1. The van der Waals surface area contributed by atoms with Gasteiger partial charge in [-0.3, -0.25) is 0 Å². The smallest absolute Gasteiger partial charge is 0.123 e. The summed E-state index contributed by atoms with van der Waals surface area (Å²) in [6, 6.07) is 4.09. The maximum Gasteiger partial charge on any atom is 0.123 e. The summed E-state index contributed by atoms with van der Waals surface area (Å²) in [6.45, 7) is 9.91. The molecule has 1 aromatic heterocycles. The fourth-order valence-corrected chi connectivity index (χ4v) is 3.59. The molecule has 0 amide bonds. The van der Waals surface area contributed by atoms with Crippen LogP contribution in [-0.2, 0) is 11.2 Å². The van der Waals surface area contributed by atoms with Crippen molar-refractivity contribution in [2.45, 2.75) is 78.7 Å². The molecule has 130 valence electrons. The molecule has 0 radical (unpaired) electrons. The summed E-state index contributed by atoms with van der Waals surface area (Å²) < 4.78 is 6.20. The quantitative estimate of drug-likeness (QED) is 0.726. The van der Waals surface area contributed by atoms with Crippen LogP contribution in [0, 0.1) is 18.3 Å². The van der Waals surface area contributed by atoms with E-state index in [4.69, 9.17) is 10.5 Å². The lowest BCUT2D eigenvalue weighted by atomic mass is 9.90. The number of ether oxygens (including phenoxy) is 1. The maximum absolute atomic E-state index is 6.20. The molecule has 1 saturated carbocycles. The molecule has 2 unspecified atom stereocenters. The molecular formula is C20H34N2O. The normalized spacial score (nSPS) is 21.7. The number of hydrogen-bond donors (Lipinski definition) is 1. The largest absolute Gasteiger partial charge is 0.384 e. The first kappa shape index (κ1) is 18.3.